The highest BCUT2D eigenvalue weighted by atomic mass is 16.5. The number of ether oxygens (including phenoxy) is 1. The van der Waals surface area contributed by atoms with Crippen molar-refractivity contribution < 1.29 is 4.74 Å². The van der Waals surface area contributed by atoms with Gasteiger partial charge in [0.25, 0.3) is 0 Å². The zero-order chi connectivity index (χ0) is 14.5. The van der Waals surface area contributed by atoms with Gasteiger partial charge in [-0.05, 0) is 37.2 Å². The van der Waals surface area contributed by atoms with E-state index in [1.807, 2.05) is 24.3 Å². The third-order valence-electron chi connectivity index (χ3n) is 3.90. The largest absolute Gasteiger partial charge is 0.397 e. The van der Waals surface area contributed by atoms with Crippen LogP contribution in [0.4, 0.5) is 11.4 Å². The quantitative estimate of drug-likeness (QED) is 0.650. The third kappa shape index (κ3) is 3.43. The Morgan fingerprint density at radius 1 is 1.24 bits per heavy atom. The van der Waals surface area contributed by atoms with Gasteiger partial charge < -0.3 is 15.8 Å². The Kier molecular flexibility index (Phi) is 4.52. The first-order chi connectivity index (χ1) is 10.3. The predicted octanol–water partition coefficient (Wildman–Crippen LogP) is 1.95. The van der Waals surface area contributed by atoms with Gasteiger partial charge in [0, 0.05) is 31.2 Å². The van der Waals surface area contributed by atoms with Crippen LogP contribution in [0.15, 0.2) is 30.5 Å². The van der Waals surface area contributed by atoms with Crippen LogP contribution in [0.25, 0.3) is 10.9 Å². The number of pyridine rings is 1. The smallest absolute Gasteiger partial charge is 0.0724 e. The highest BCUT2D eigenvalue weighted by Crippen LogP contribution is 2.27. The molecule has 5 heteroatoms. The molecule has 0 atom stereocenters. The summed E-state index contributed by atoms with van der Waals surface area (Å²) in [5.41, 5.74) is 8.94. The van der Waals surface area contributed by atoms with Crippen molar-refractivity contribution in [3.63, 3.8) is 0 Å². The van der Waals surface area contributed by atoms with Gasteiger partial charge in [-0.2, -0.15) is 0 Å². The molecule has 1 saturated heterocycles. The van der Waals surface area contributed by atoms with Crippen molar-refractivity contribution in [3.8, 4) is 0 Å². The van der Waals surface area contributed by atoms with E-state index in [1.165, 1.54) is 0 Å². The van der Waals surface area contributed by atoms with Gasteiger partial charge in [0.2, 0.25) is 0 Å². The zero-order valence-corrected chi connectivity index (χ0v) is 12.2. The number of aromatic nitrogens is 1. The van der Waals surface area contributed by atoms with Crippen LogP contribution in [0.1, 0.15) is 6.42 Å². The van der Waals surface area contributed by atoms with Crippen molar-refractivity contribution in [1.82, 2.24) is 9.88 Å². The second kappa shape index (κ2) is 6.74. The van der Waals surface area contributed by atoms with Gasteiger partial charge >= 0.3 is 0 Å². The van der Waals surface area contributed by atoms with Crippen molar-refractivity contribution in [2.75, 3.05) is 50.4 Å². The van der Waals surface area contributed by atoms with Gasteiger partial charge in [-0.1, -0.05) is 0 Å². The molecule has 3 N–H and O–H groups in total. The van der Waals surface area contributed by atoms with Crippen molar-refractivity contribution in [3.05, 3.63) is 30.5 Å². The van der Waals surface area contributed by atoms with Gasteiger partial charge in [0.1, 0.15) is 0 Å². The normalized spacial score (nSPS) is 16.2. The first kappa shape index (κ1) is 14.1. The molecule has 2 aromatic rings. The molecule has 1 fully saturated rings. The Morgan fingerprint density at radius 3 is 2.95 bits per heavy atom. The van der Waals surface area contributed by atoms with Gasteiger partial charge in [0.15, 0.2) is 0 Å². The lowest BCUT2D eigenvalue weighted by Gasteiger charge is -2.26. The minimum atomic E-state index is 0.784. The number of morpholine rings is 1. The van der Waals surface area contributed by atoms with Crippen LogP contribution >= 0.6 is 0 Å². The van der Waals surface area contributed by atoms with Gasteiger partial charge in [-0.15, -0.1) is 0 Å². The Morgan fingerprint density at radius 2 is 2.10 bits per heavy atom. The Hall–Kier alpha value is -1.85. The van der Waals surface area contributed by atoms with Crippen LogP contribution in [-0.4, -0.2) is 49.3 Å². The van der Waals surface area contributed by atoms with Crippen LogP contribution in [0.3, 0.4) is 0 Å². The second-order valence-corrected chi connectivity index (χ2v) is 5.33. The summed E-state index contributed by atoms with van der Waals surface area (Å²) in [7, 11) is 0. The number of nitrogens with one attached hydrogen (secondary N) is 1. The van der Waals surface area contributed by atoms with Crippen LogP contribution in [0.5, 0.6) is 0 Å². The molecule has 0 saturated carbocycles. The minimum Gasteiger partial charge on any atom is -0.397 e. The van der Waals surface area contributed by atoms with E-state index in [9.17, 15) is 0 Å². The number of nitrogen functional groups attached to an aromatic ring is 1. The van der Waals surface area contributed by atoms with E-state index in [2.05, 4.69) is 15.2 Å². The monoisotopic (exact) mass is 286 g/mol. The lowest BCUT2D eigenvalue weighted by Crippen LogP contribution is -2.37. The molecule has 0 radical (unpaired) electrons. The molecule has 112 valence electrons. The van der Waals surface area contributed by atoms with Gasteiger partial charge in [0.05, 0.1) is 30.1 Å². The summed E-state index contributed by atoms with van der Waals surface area (Å²) in [6.07, 6.45) is 2.89. The molecule has 5 nitrogen and oxygen atoms in total. The van der Waals surface area contributed by atoms with E-state index < -0.39 is 0 Å². The lowest BCUT2D eigenvalue weighted by molar-refractivity contribution is 0.0378. The number of hydrogen-bond donors (Lipinski definition) is 2. The fourth-order valence-electron chi connectivity index (χ4n) is 2.68. The third-order valence-corrected chi connectivity index (χ3v) is 3.90. The number of hydrogen-bond acceptors (Lipinski definition) is 5. The molecule has 1 aromatic carbocycles. The average Bonchev–Trinajstić information content (AvgIpc) is 2.55. The molecule has 1 aliphatic rings. The molecule has 0 aliphatic carbocycles. The number of nitrogens with zero attached hydrogens (tertiary/aromatic N) is 2. The second-order valence-electron chi connectivity index (χ2n) is 5.33. The summed E-state index contributed by atoms with van der Waals surface area (Å²) < 4.78 is 5.35. The number of rotatable bonds is 5. The minimum absolute atomic E-state index is 0.784. The highest BCUT2D eigenvalue weighted by Gasteiger charge is 2.09. The molecule has 21 heavy (non-hydrogen) atoms. The number of fused-ring (bicyclic) bond motifs is 1. The molecule has 1 aromatic heterocycles. The molecule has 0 spiro atoms. The summed E-state index contributed by atoms with van der Waals surface area (Å²) >= 11 is 0. The van der Waals surface area contributed by atoms with Crippen molar-refractivity contribution in [2.45, 2.75) is 6.42 Å². The Bertz CT molecular complexity index is 596. The summed E-state index contributed by atoms with van der Waals surface area (Å²) in [5.74, 6) is 0. The fourth-order valence-corrected chi connectivity index (χ4v) is 2.68. The maximum absolute atomic E-state index is 6.21. The average molecular weight is 286 g/mol. The fraction of sp³-hybridized carbons (Fsp3) is 0.438. The van der Waals surface area contributed by atoms with Crippen LogP contribution in [0.2, 0.25) is 0 Å². The van der Waals surface area contributed by atoms with Crippen molar-refractivity contribution >= 4 is 22.3 Å². The zero-order valence-electron chi connectivity index (χ0n) is 12.2. The maximum atomic E-state index is 6.21. The number of benzene rings is 1. The first-order valence-corrected chi connectivity index (χ1v) is 7.52. The topological polar surface area (TPSA) is 63.4 Å². The van der Waals surface area contributed by atoms with Crippen LogP contribution in [-0.2, 0) is 4.74 Å². The lowest BCUT2D eigenvalue weighted by atomic mass is 10.1. The molecule has 1 aliphatic heterocycles. The molecule has 0 unspecified atom stereocenters. The summed E-state index contributed by atoms with van der Waals surface area (Å²) in [5, 5.41) is 4.44. The summed E-state index contributed by atoms with van der Waals surface area (Å²) in [4.78, 5) is 6.76. The molecule has 3 rings (SSSR count). The van der Waals surface area contributed by atoms with E-state index in [1.54, 1.807) is 6.20 Å². The van der Waals surface area contributed by atoms with Crippen molar-refractivity contribution in [1.29, 1.82) is 0 Å². The highest BCUT2D eigenvalue weighted by molar-refractivity contribution is 5.96. The summed E-state index contributed by atoms with van der Waals surface area (Å²) in [6, 6.07) is 7.95. The first-order valence-electron chi connectivity index (χ1n) is 7.52. The predicted molar refractivity (Wildman–Crippen MR) is 86.5 cm³/mol. The van der Waals surface area contributed by atoms with E-state index >= 15 is 0 Å². The van der Waals surface area contributed by atoms with E-state index in [-0.39, 0.29) is 0 Å². The molecular weight excluding hydrogens is 264 g/mol. The van der Waals surface area contributed by atoms with E-state index in [0.29, 0.717) is 0 Å². The Labute approximate surface area is 125 Å². The molecular formula is C16H22N4O. The van der Waals surface area contributed by atoms with Crippen molar-refractivity contribution in [2.24, 2.45) is 0 Å². The molecule has 2 heterocycles. The van der Waals surface area contributed by atoms with E-state index in [4.69, 9.17) is 10.5 Å². The molecule has 0 bridgehead atoms. The SMILES string of the molecule is Nc1c(NCCCN2CCOCC2)ccc2ncccc12. The van der Waals surface area contributed by atoms with E-state index in [0.717, 1.165) is 68.1 Å². The van der Waals surface area contributed by atoms with Gasteiger partial charge in [-0.3, -0.25) is 9.88 Å². The Balaban J connectivity index is 1.54. The maximum Gasteiger partial charge on any atom is 0.0724 e. The standard InChI is InChI=1S/C16H22N4O/c17-16-13-3-1-6-18-14(13)4-5-15(16)19-7-2-8-20-9-11-21-12-10-20/h1,3-6,19H,2,7-12,17H2. The van der Waals surface area contributed by atoms with Crippen LogP contribution < -0.4 is 11.1 Å². The molecule has 0 amide bonds. The van der Waals surface area contributed by atoms with Crippen LogP contribution in [0, 0.1) is 0 Å². The number of anilines is 2. The van der Waals surface area contributed by atoms with Gasteiger partial charge in [-0.25, -0.2) is 0 Å². The summed E-state index contributed by atoms with van der Waals surface area (Å²) in [6.45, 7) is 5.84. The number of nitrogens with two attached hydrogens (primary N) is 1.